The molecule has 10 heavy (non-hydrogen) atoms. The molecule has 0 bridgehead atoms. The first-order valence-corrected chi connectivity index (χ1v) is 2.65. The van der Waals surface area contributed by atoms with Crippen LogP contribution in [-0.4, -0.2) is 17.9 Å². The van der Waals surface area contributed by atoms with Crippen molar-refractivity contribution in [2.45, 2.75) is 0 Å². The van der Waals surface area contributed by atoms with Gasteiger partial charge in [0.15, 0.2) is 11.6 Å². The SMILES string of the molecule is [B]c1cnc(NN)c(O)c1. The summed E-state index contributed by atoms with van der Waals surface area (Å²) in [5.41, 5.74) is 2.61. The highest BCUT2D eigenvalue weighted by Gasteiger charge is 1.97. The van der Waals surface area contributed by atoms with Gasteiger partial charge in [0.05, 0.1) is 0 Å². The Labute approximate surface area is 59.5 Å². The molecule has 1 aromatic heterocycles. The van der Waals surface area contributed by atoms with Gasteiger partial charge in [-0.25, -0.2) is 10.8 Å². The van der Waals surface area contributed by atoms with Crippen molar-refractivity contribution in [1.82, 2.24) is 4.98 Å². The van der Waals surface area contributed by atoms with E-state index in [9.17, 15) is 0 Å². The lowest BCUT2D eigenvalue weighted by Crippen LogP contribution is -2.11. The molecule has 4 N–H and O–H groups in total. The fraction of sp³-hybridized carbons (Fsp3) is 0. The van der Waals surface area contributed by atoms with E-state index in [1.807, 2.05) is 0 Å². The standard InChI is InChI=1S/C5H6BN3O/c6-3-1-4(10)5(9-7)8-2-3/h1-2,10H,7H2,(H,8,9). The number of rotatable bonds is 1. The van der Waals surface area contributed by atoms with Crippen molar-refractivity contribution in [3.8, 4) is 5.75 Å². The zero-order valence-electron chi connectivity index (χ0n) is 5.20. The van der Waals surface area contributed by atoms with Crippen LogP contribution in [0.15, 0.2) is 12.3 Å². The lowest BCUT2D eigenvalue weighted by atomic mass is 9.99. The van der Waals surface area contributed by atoms with Crippen molar-refractivity contribution in [1.29, 1.82) is 0 Å². The number of aromatic hydroxyl groups is 1. The molecule has 0 aliphatic carbocycles. The van der Waals surface area contributed by atoms with Gasteiger partial charge in [-0.05, 0) is 6.07 Å². The number of nitrogens with one attached hydrogen (secondary N) is 1. The predicted molar refractivity (Wildman–Crippen MR) is 39.1 cm³/mol. The zero-order valence-corrected chi connectivity index (χ0v) is 5.20. The molecule has 0 amide bonds. The number of nitrogens with zero attached hydrogens (tertiary/aromatic N) is 1. The van der Waals surface area contributed by atoms with Crippen LogP contribution in [0, 0.1) is 0 Å². The second-order valence-corrected chi connectivity index (χ2v) is 1.78. The molecule has 1 aromatic rings. The maximum atomic E-state index is 9.01. The smallest absolute Gasteiger partial charge is 0.182 e. The second-order valence-electron chi connectivity index (χ2n) is 1.78. The lowest BCUT2D eigenvalue weighted by Gasteiger charge is -2.01. The van der Waals surface area contributed by atoms with Gasteiger partial charge in [0.1, 0.15) is 7.85 Å². The maximum Gasteiger partial charge on any atom is 0.182 e. The Kier molecular flexibility index (Phi) is 1.77. The third kappa shape index (κ3) is 1.19. The number of hydrazine groups is 1. The van der Waals surface area contributed by atoms with Crippen molar-refractivity contribution in [2.24, 2.45) is 5.84 Å². The van der Waals surface area contributed by atoms with Crippen LogP contribution < -0.4 is 16.7 Å². The third-order valence-electron chi connectivity index (χ3n) is 1.03. The summed E-state index contributed by atoms with van der Waals surface area (Å²) in [5.74, 6) is 5.15. The molecule has 0 aliphatic rings. The largest absolute Gasteiger partial charge is 0.504 e. The van der Waals surface area contributed by atoms with Gasteiger partial charge in [-0.3, -0.25) is 0 Å². The van der Waals surface area contributed by atoms with Crippen LogP contribution in [0.3, 0.4) is 0 Å². The molecule has 2 radical (unpaired) electrons. The van der Waals surface area contributed by atoms with E-state index in [0.717, 1.165) is 0 Å². The Balaban J connectivity index is 3.07. The Morgan fingerprint density at radius 1 is 1.70 bits per heavy atom. The van der Waals surface area contributed by atoms with E-state index in [-0.39, 0.29) is 11.6 Å². The van der Waals surface area contributed by atoms with E-state index in [0.29, 0.717) is 5.46 Å². The average Bonchev–Trinajstić information content (AvgIpc) is 1.88. The summed E-state index contributed by atoms with van der Waals surface area (Å²) in [5, 5.41) is 9.01. The summed E-state index contributed by atoms with van der Waals surface area (Å²) >= 11 is 0. The second kappa shape index (κ2) is 2.57. The highest BCUT2D eigenvalue weighted by Crippen LogP contribution is 2.14. The molecular weight excluding hydrogens is 129 g/mol. The van der Waals surface area contributed by atoms with Crippen molar-refractivity contribution >= 4 is 19.1 Å². The van der Waals surface area contributed by atoms with Gasteiger partial charge in [-0.1, -0.05) is 5.46 Å². The quantitative estimate of drug-likeness (QED) is 0.258. The first-order valence-electron chi connectivity index (χ1n) is 2.65. The first kappa shape index (κ1) is 6.89. The minimum Gasteiger partial charge on any atom is -0.504 e. The van der Waals surface area contributed by atoms with Gasteiger partial charge in [-0.2, -0.15) is 0 Å². The van der Waals surface area contributed by atoms with Crippen LogP contribution in [0.4, 0.5) is 5.82 Å². The number of anilines is 1. The molecule has 0 saturated heterocycles. The lowest BCUT2D eigenvalue weighted by molar-refractivity contribution is 0.475. The van der Waals surface area contributed by atoms with Gasteiger partial charge in [0.2, 0.25) is 0 Å². The molecule has 50 valence electrons. The molecule has 0 fully saturated rings. The monoisotopic (exact) mass is 135 g/mol. The minimum atomic E-state index is -0.0532. The molecule has 1 rings (SSSR count). The number of hydrogen-bond acceptors (Lipinski definition) is 4. The summed E-state index contributed by atoms with van der Waals surface area (Å²) in [4.78, 5) is 3.69. The fourth-order valence-corrected chi connectivity index (χ4v) is 0.580. The minimum absolute atomic E-state index is 0.0532. The first-order chi connectivity index (χ1) is 4.74. The number of hydrogen-bond donors (Lipinski definition) is 3. The van der Waals surface area contributed by atoms with Crippen LogP contribution in [0.5, 0.6) is 5.75 Å². The molecule has 4 nitrogen and oxygen atoms in total. The van der Waals surface area contributed by atoms with E-state index in [1.165, 1.54) is 12.3 Å². The van der Waals surface area contributed by atoms with Gasteiger partial charge >= 0.3 is 0 Å². The Hall–Kier alpha value is -1.23. The predicted octanol–water partition coefficient (Wildman–Crippen LogP) is -1.13. The van der Waals surface area contributed by atoms with Gasteiger partial charge < -0.3 is 10.5 Å². The normalized spacial score (nSPS) is 9.30. The van der Waals surface area contributed by atoms with Crippen LogP contribution in [0.2, 0.25) is 0 Å². The molecule has 0 saturated carbocycles. The third-order valence-corrected chi connectivity index (χ3v) is 1.03. The highest BCUT2D eigenvalue weighted by molar-refractivity contribution is 6.32. The molecule has 0 unspecified atom stereocenters. The Morgan fingerprint density at radius 2 is 2.40 bits per heavy atom. The maximum absolute atomic E-state index is 9.01. The zero-order chi connectivity index (χ0) is 7.56. The van der Waals surface area contributed by atoms with Crippen molar-refractivity contribution in [2.75, 3.05) is 5.43 Å². The summed E-state index contributed by atoms with van der Waals surface area (Å²) in [7, 11) is 5.29. The van der Waals surface area contributed by atoms with Crippen LogP contribution in [-0.2, 0) is 0 Å². The summed E-state index contributed by atoms with van der Waals surface area (Å²) in [6.07, 6.45) is 1.40. The van der Waals surface area contributed by atoms with E-state index in [1.54, 1.807) is 0 Å². The van der Waals surface area contributed by atoms with E-state index >= 15 is 0 Å². The number of nitrogens with two attached hydrogens (primary N) is 1. The van der Waals surface area contributed by atoms with Crippen molar-refractivity contribution in [3.63, 3.8) is 0 Å². The molecule has 1 heterocycles. The summed E-state index contributed by atoms with van der Waals surface area (Å²) in [6.45, 7) is 0. The van der Waals surface area contributed by atoms with Gasteiger partial charge in [0.25, 0.3) is 0 Å². The molecule has 0 aromatic carbocycles. The molecule has 0 spiro atoms. The molecule has 0 aliphatic heterocycles. The van der Waals surface area contributed by atoms with Crippen LogP contribution in [0.1, 0.15) is 0 Å². The van der Waals surface area contributed by atoms with E-state index < -0.39 is 0 Å². The summed E-state index contributed by atoms with van der Waals surface area (Å²) < 4.78 is 0. The fourth-order valence-electron chi connectivity index (χ4n) is 0.580. The van der Waals surface area contributed by atoms with Crippen molar-refractivity contribution < 1.29 is 5.11 Å². The van der Waals surface area contributed by atoms with E-state index in [2.05, 4.69) is 10.4 Å². The molecular formula is C5H6BN3O. The highest BCUT2D eigenvalue weighted by atomic mass is 16.3. The molecule has 5 heteroatoms. The Morgan fingerprint density at radius 3 is 2.90 bits per heavy atom. The van der Waals surface area contributed by atoms with Gasteiger partial charge in [-0.15, -0.1) is 0 Å². The average molecular weight is 135 g/mol. The van der Waals surface area contributed by atoms with E-state index in [4.69, 9.17) is 18.8 Å². The summed E-state index contributed by atoms with van der Waals surface area (Å²) in [6, 6.07) is 1.36. The van der Waals surface area contributed by atoms with Crippen LogP contribution >= 0.6 is 0 Å². The number of nitrogen functional groups attached to an aromatic ring is 1. The van der Waals surface area contributed by atoms with Crippen LogP contribution in [0.25, 0.3) is 0 Å². The number of aromatic nitrogens is 1. The molecule has 0 atom stereocenters. The topological polar surface area (TPSA) is 71.2 Å². The van der Waals surface area contributed by atoms with Crippen molar-refractivity contribution in [3.05, 3.63) is 12.3 Å². The number of pyridine rings is 1. The Bertz CT molecular complexity index is 240. The van der Waals surface area contributed by atoms with Gasteiger partial charge in [0, 0.05) is 6.20 Å².